The van der Waals surface area contributed by atoms with Crippen LogP contribution < -0.4 is 0 Å². The highest BCUT2D eigenvalue weighted by Gasteiger charge is 2.53. The zero-order valence-electron chi connectivity index (χ0n) is 13.7. The van der Waals surface area contributed by atoms with Crippen LogP contribution in [0.1, 0.15) is 31.9 Å². The van der Waals surface area contributed by atoms with Crippen molar-refractivity contribution in [3.63, 3.8) is 0 Å². The Hall–Kier alpha value is -2.48. The molecule has 0 aromatic heterocycles. The minimum atomic E-state index is -0.990. The molecule has 0 N–H and O–H groups in total. The topological polar surface area (TPSA) is 34.1 Å². The van der Waals surface area contributed by atoms with Crippen LogP contribution in [0.4, 0.5) is 0 Å². The average molecular weight is 304 g/mol. The normalized spacial score (nSPS) is 17.2. The van der Waals surface area contributed by atoms with Gasteiger partial charge in [0.1, 0.15) is 0 Å². The largest absolute Gasteiger partial charge is 0.293 e. The van der Waals surface area contributed by atoms with Crippen molar-refractivity contribution in [2.24, 2.45) is 11.3 Å². The van der Waals surface area contributed by atoms with Gasteiger partial charge in [0.15, 0.2) is 11.6 Å². The number of carbonyl (C=O) groups is 2. The van der Waals surface area contributed by atoms with Crippen molar-refractivity contribution in [2.45, 2.75) is 20.8 Å². The van der Waals surface area contributed by atoms with Crippen LogP contribution in [0, 0.1) is 11.3 Å². The Kier molecular flexibility index (Phi) is 3.77. The van der Waals surface area contributed by atoms with E-state index in [-0.39, 0.29) is 17.5 Å². The third kappa shape index (κ3) is 2.26. The van der Waals surface area contributed by atoms with Gasteiger partial charge >= 0.3 is 0 Å². The monoisotopic (exact) mass is 304 g/mol. The van der Waals surface area contributed by atoms with Crippen molar-refractivity contribution in [1.29, 1.82) is 0 Å². The maximum atomic E-state index is 13.2. The Morgan fingerprint density at radius 1 is 0.696 bits per heavy atom. The van der Waals surface area contributed by atoms with Gasteiger partial charge in [-0.2, -0.15) is 0 Å². The number of hydrogen-bond acceptors (Lipinski definition) is 2. The van der Waals surface area contributed by atoms with Crippen LogP contribution in [0.15, 0.2) is 60.7 Å². The van der Waals surface area contributed by atoms with E-state index in [0.717, 1.165) is 11.1 Å². The van der Waals surface area contributed by atoms with Gasteiger partial charge in [0.25, 0.3) is 0 Å². The first-order valence-electron chi connectivity index (χ1n) is 7.92. The van der Waals surface area contributed by atoms with Crippen LogP contribution in [0.25, 0.3) is 11.1 Å². The van der Waals surface area contributed by atoms with Crippen LogP contribution in [0.3, 0.4) is 0 Å². The molecule has 0 aliphatic heterocycles. The Labute approximate surface area is 136 Å². The van der Waals surface area contributed by atoms with Gasteiger partial charge in [-0.1, -0.05) is 74.5 Å². The second-order valence-corrected chi connectivity index (χ2v) is 6.50. The van der Waals surface area contributed by atoms with Crippen LogP contribution in [-0.2, 0) is 9.59 Å². The molecule has 0 spiro atoms. The van der Waals surface area contributed by atoms with Gasteiger partial charge in [-0.05, 0) is 24.0 Å². The highest BCUT2D eigenvalue weighted by molar-refractivity contribution is 6.54. The molecule has 2 heteroatoms. The van der Waals surface area contributed by atoms with Gasteiger partial charge in [0.2, 0.25) is 0 Å². The molecule has 0 amide bonds. The third-order valence-electron chi connectivity index (χ3n) is 4.93. The molecule has 0 saturated heterocycles. The quantitative estimate of drug-likeness (QED) is 0.787. The zero-order chi connectivity index (χ0) is 16.6. The lowest BCUT2D eigenvalue weighted by molar-refractivity contribution is -0.134. The number of allylic oxidation sites excluding steroid dienone is 2. The summed E-state index contributed by atoms with van der Waals surface area (Å²) in [5.74, 6) is -0.187. The Morgan fingerprint density at radius 2 is 1.04 bits per heavy atom. The lowest BCUT2D eigenvalue weighted by Crippen LogP contribution is -2.36. The van der Waals surface area contributed by atoms with Crippen LogP contribution in [-0.4, -0.2) is 11.6 Å². The minimum Gasteiger partial charge on any atom is -0.293 e. The Bertz CT molecular complexity index is 722. The molecule has 2 aromatic rings. The lowest BCUT2D eigenvalue weighted by Gasteiger charge is -2.26. The van der Waals surface area contributed by atoms with Gasteiger partial charge in [0, 0.05) is 11.1 Å². The molecule has 2 nitrogen and oxygen atoms in total. The predicted molar refractivity (Wildman–Crippen MR) is 92.7 cm³/mol. The summed E-state index contributed by atoms with van der Waals surface area (Å²) in [5.41, 5.74) is 1.75. The summed E-state index contributed by atoms with van der Waals surface area (Å²) >= 11 is 0. The lowest BCUT2D eigenvalue weighted by atomic mass is 9.73. The molecule has 3 rings (SSSR count). The number of carbonyl (C=O) groups excluding carboxylic acids is 2. The molecule has 0 radical (unpaired) electrons. The molecule has 0 unspecified atom stereocenters. The van der Waals surface area contributed by atoms with E-state index in [1.165, 1.54) is 0 Å². The van der Waals surface area contributed by atoms with E-state index in [4.69, 9.17) is 0 Å². The Morgan fingerprint density at radius 3 is 1.35 bits per heavy atom. The maximum Gasteiger partial charge on any atom is 0.178 e. The number of ketones is 2. The number of rotatable bonds is 3. The van der Waals surface area contributed by atoms with E-state index in [2.05, 4.69) is 0 Å². The van der Waals surface area contributed by atoms with Gasteiger partial charge in [-0.25, -0.2) is 0 Å². The van der Waals surface area contributed by atoms with Crippen molar-refractivity contribution < 1.29 is 9.59 Å². The van der Waals surface area contributed by atoms with Gasteiger partial charge in [-0.15, -0.1) is 0 Å². The molecule has 0 atom stereocenters. The van der Waals surface area contributed by atoms with E-state index in [0.29, 0.717) is 11.1 Å². The second-order valence-electron chi connectivity index (χ2n) is 6.50. The summed E-state index contributed by atoms with van der Waals surface area (Å²) in [6.07, 6.45) is 0. The molecule has 0 saturated carbocycles. The molecule has 0 fully saturated rings. The van der Waals surface area contributed by atoms with Crippen molar-refractivity contribution >= 4 is 22.7 Å². The molecule has 2 aromatic carbocycles. The third-order valence-corrected chi connectivity index (χ3v) is 4.93. The van der Waals surface area contributed by atoms with E-state index < -0.39 is 5.41 Å². The standard InChI is InChI=1S/C21H20O2/c1-14(2)21(3)19(22)17(15-10-6-4-7-11-15)18(20(21)23)16-12-8-5-9-13-16/h4-14H,1-3H3. The summed E-state index contributed by atoms with van der Waals surface area (Å²) in [4.78, 5) is 26.4. The van der Waals surface area contributed by atoms with Gasteiger partial charge in [-0.3, -0.25) is 9.59 Å². The first kappa shape index (κ1) is 15.4. The number of benzene rings is 2. The molecule has 0 heterocycles. The predicted octanol–water partition coefficient (Wildman–Crippen LogP) is 4.41. The van der Waals surface area contributed by atoms with Crippen molar-refractivity contribution in [1.82, 2.24) is 0 Å². The molecule has 1 aliphatic rings. The van der Waals surface area contributed by atoms with E-state index in [1.807, 2.05) is 74.5 Å². The highest BCUT2D eigenvalue weighted by atomic mass is 16.2. The van der Waals surface area contributed by atoms with Crippen LogP contribution in [0.2, 0.25) is 0 Å². The van der Waals surface area contributed by atoms with Crippen LogP contribution in [0.5, 0.6) is 0 Å². The first-order valence-corrected chi connectivity index (χ1v) is 7.92. The Balaban J connectivity index is 2.29. The van der Waals surface area contributed by atoms with Crippen LogP contribution >= 0.6 is 0 Å². The number of Topliss-reactive ketones (excluding diaryl/α,β-unsaturated/α-hetero) is 2. The molecule has 0 bridgehead atoms. The second kappa shape index (κ2) is 5.62. The fourth-order valence-electron chi connectivity index (χ4n) is 3.13. The van der Waals surface area contributed by atoms with Gasteiger partial charge < -0.3 is 0 Å². The molecule has 1 aliphatic carbocycles. The first-order chi connectivity index (χ1) is 11.0. The molecule has 116 valence electrons. The van der Waals surface area contributed by atoms with E-state index >= 15 is 0 Å². The SMILES string of the molecule is CC(C)C1(C)C(=O)C(c2ccccc2)=C(c2ccccc2)C1=O. The zero-order valence-corrected chi connectivity index (χ0v) is 13.7. The summed E-state index contributed by atoms with van der Waals surface area (Å²) < 4.78 is 0. The highest BCUT2D eigenvalue weighted by Crippen LogP contribution is 2.48. The molecular weight excluding hydrogens is 284 g/mol. The van der Waals surface area contributed by atoms with E-state index in [9.17, 15) is 9.59 Å². The summed E-state index contributed by atoms with van der Waals surface area (Å²) in [5, 5.41) is 0. The fraction of sp³-hybridized carbons (Fsp3) is 0.238. The fourth-order valence-corrected chi connectivity index (χ4v) is 3.13. The van der Waals surface area contributed by atoms with Crippen molar-refractivity contribution in [2.75, 3.05) is 0 Å². The summed E-state index contributed by atoms with van der Waals surface area (Å²) in [7, 11) is 0. The molecule has 23 heavy (non-hydrogen) atoms. The number of hydrogen-bond donors (Lipinski definition) is 0. The molecular formula is C21H20O2. The smallest absolute Gasteiger partial charge is 0.178 e. The van der Waals surface area contributed by atoms with E-state index in [1.54, 1.807) is 6.92 Å². The van der Waals surface area contributed by atoms with Crippen molar-refractivity contribution in [3.05, 3.63) is 71.8 Å². The minimum absolute atomic E-state index is 0.0533. The van der Waals surface area contributed by atoms with Gasteiger partial charge in [0.05, 0.1) is 5.41 Å². The maximum absolute atomic E-state index is 13.2. The summed E-state index contributed by atoms with van der Waals surface area (Å²) in [6.45, 7) is 5.65. The van der Waals surface area contributed by atoms with Crippen molar-refractivity contribution in [3.8, 4) is 0 Å². The average Bonchev–Trinajstić information content (AvgIpc) is 2.78. The summed E-state index contributed by atoms with van der Waals surface area (Å²) in [6, 6.07) is 19.0.